The van der Waals surface area contributed by atoms with Gasteiger partial charge in [-0.1, -0.05) is 103 Å². The van der Waals surface area contributed by atoms with Gasteiger partial charge in [-0.25, -0.2) is 19.9 Å². The molecular weight excluding hydrogens is 689 g/mol. The van der Waals surface area contributed by atoms with Crippen LogP contribution in [0.25, 0.3) is 108 Å². The SMILES string of the molecule is c1ccc(-c2nc(-c3ccc4c(c3)oc3ccccc34)nc(-c3cccc4c3sc3ccc(-c5cccc(-c6nc7ccccc7s6)c5)cc34)n2)cc1. The van der Waals surface area contributed by atoms with Gasteiger partial charge in [0.05, 0.1) is 10.2 Å². The van der Waals surface area contributed by atoms with E-state index >= 15 is 0 Å². The molecule has 0 saturated heterocycles. The Bertz CT molecular complexity index is 3160. The Morgan fingerprint density at radius 2 is 1.08 bits per heavy atom. The number of para-hydroxylation sites is 2. The molecule has 11 aromatic rings. The van der Waals surface area contributed by atoms with Gasteiger partial charge in [0.15, 0.2) is 17.5 Å². The summed E-state index contributed by atoms with van der Waals surface area (Å²) in [7, 11) is 0. The molecule has 0 radical (unpaired) electrons. The molecule has 53 heavy (non-hydrogen) atoms. The predicted molar refractivity (Wildman–Crippen MR) is 220 cm³/mol. The highest BCUT2D eigenvalue weighted by Crippen LogP contribution is 2.42. The van der Waals surface area contributed by atoms with Gasteiger partial charge in [0.25, 0.3) is 0 Å². The second-order valence-electron chi connectivity index (χ2n) is 13.0. The van der Waals surface area contributed by atoms with Crippen molar-refractivity contribution >= 4 is 75.0 Å². The molecule has 0 amide bonds. The number of aromatic nitrogens is 4. The Labute approximate surface area is 311 Å². The molecule has 0 spiro atoms. The number of thiazole rings is 1. The summed E-state index contributed by atoms with van der Waals surface area (Å²) < 4.78 is 9.80. The molecule has 5 nitrogen and oxygen atoms in total. The number of rotatable bonds is 5. The number of furan rings is 1. The average molecular weight is 715 g/mol. The Hall–Kier alpha value is -6.54. The fourth-order valence-corrected chi connectivity index (χ4v) is 9.34. The van der Waals surface area contributed by atoms with Crippen molar-refractivity contribution in [1.82, 2.24) is 19.9 Å². The normalized spacial score (nSPS) is 11.8. The molecule has 11 rings (SSSR count). The molecule has 7 heteroatoms. The molecule has 0 aliphatic heterocycles. The van der Waals surface area contributed by atoms with E-state index in [0.29, 0.717) is 17.5 Å². The summed E-state index contributed by atoms with van der Waals surface area (Å²) in [5.74, 6) is 1.87. The quantitative estimate of drug-likeness (QED) is 0.178. The minimum atomic E-state index is 0.601. The van der Waals surface area contributed by atoms with Crippen LogP contribution in [-0.2, 0) is 0 Å². The highest BCUT2D eigenvalue weighted by atomic mass is 32.1. The van der Waals surface area contributed by atoms with Crippen molar-refractivity contribution < 1.29 is 4.42 Å². The number of hydrogen-bond acceptors (Lipinski definition) is 7. The summed E-state index contributed by atoms with van der Waals surface area (Å²) in [6.07, 6.45) is 0. The minimum absolute atomic E-state index is 0.601. The van der Waals surface area contributed by atoms with Crippen LogP contribution in [0.5, 0.6) is 0 Å². The van der Waals surface area contributed by atoms with Gasteiger partial charge in [-0.3, -0.25) is 0 Å². The van der Waals surface area contributed by atoms with E-state index in [1.807, 2.05) is 60.7 Å². The molecule has 0 atom stereocenters. The first kappa shape index (κ1) is 30.1. The van der Waals surface area contributed by atoms with Gasteiger partial charge in [0, 0.05) is 53.2 Å². The van der Waals surface area contributed by atoms with Crippen molar-refractivity contribution in [1.29, 1.82) is 0 Å². The maximum absolute atomic E-state index is 6.25. The van der Waals surface area contributed by atoms with E-state index in [-0.39, 0.29) is 0 Å². The molecule has 0 aliphatic rings. The van der Waals surface area contributed by atoms with Gasteiger partial charge >= 0.3 is 0 Å². The van der Waals surface area contributed by atoms with Crippen molar-refractivity contribution in [3.8, 4) is 55.9 Å². The molecule has 0 aliphatic carbocycles. The van der Waals surface area contributed by atoms with E-state index in [9.17, 15) is 0 Å². The number of hydrogen-bond donors (Lipinski definition) is 0. The smallest absolute Gasteiger partial charge is 0.165 e. The number of fused-ring (bicyclic) bond motifs is 7. The predicted octanol–water partition coefficient (Wildman–Crippen LogP) is 13.1. The molecule has 0 unspecified atom stereocenters. The molecule has 7 aromatic carbocycles. The maximum Gasteiger partial charge on any atom is 0.165 e. The van der Waals surface area contributed by atoms with Crippen LogP contribution in [0.1, 0.15) is 0 Å². The summed E-state index contributed by atoms with van der Waals surface area (Å²) in [6, 6.07) is 54.6. The van der Waals surface area contributed by atoms with E-state index in [0.717, 1.165) is 65.0 Å². The Balaban J connectivity index is 1.04. The molecule has 248 valence electrons. The molecular formula is C46H26N4OS2. The van der Waals surface area contributed by atoms with Gasteiger partial charge in [0.2, 0.25) is 0 Å². The van der Waals surface area contributed by atoms with Crippen LogP contribution < -0.4 is 0 Å². The summed E-state index contributed by atoms with van der Waals surface area (Å²) in [5, 5.41) is 5.58. The van der Waals surface area contributed by atoms with E-state index in [1.165, 1.54) is 25.7 Å². The lowest BCUT2D eigenvalue weighted by Gasteiger charge is -2.09. The molecule has 0 saturated carbocycles. The average Bonchev–Trinajstić information content (AvgIpc) is 3.94. The van der Waals surface area contributed by atoms with Crippen LogP contribution in [0.2, 0.25) is 0 Å². The summed E-state index contributed by atoms with van der Waals surface area (Å²) in [6.45, 7) is 0. The third kappa shape index (κ3) is 5.12. The van der Waals surface area contributed by atoms with Crippen molar-refractivity contribution in [3.63, 3.8) is 0 Å². The fourth-order valence-electron chi connectivity index (χ4n) is 7.19. The van der Waals surface area contributed by atoms with Crippen LogP contribution in [0.15, 0.2) is 162 Å². The highest BCUT2D eigenvalue weighted by Gasteiger charge is 2.18. The first-order valence-electron chi connectivity index (χ1n) is 17.4. The molecule has 0 N–H and O–H groups in total. The van der Waals surface area contributed by atoms with Crippen LogP contribution in [0, 0.1) is 0 Å². The Morgan fingerprint density at radius 3 is 2.00 bits per heavy atom. The molecule has 4 heterocycles. The lowest BCUT2D eigenvalue weighted by molar-refractivity contribution is 0.669. The topological polar surface area (TPSA) is 64.7 Å². The van der Waals surface area contributed by atoms with Crippen molar-refractivity contribution in [2.45, 2.75) is 0 Å². The lowest BCUT2D eigenvalue weighted by Crippen LogP contribution is -2.00. The first-order valence-corrected chi connectivity index (χ1v) is 19.0. The molecule has 0 fully saturated rings. The first-order chi connectivity index (χ1) is 26.2. The zero-order valence-electron chi connectivity index (χ0n) is 28.0. The van der Waals surface area contributed by atoms with Crippen LogP contribution in [-0.4, -0.2) is 19.9 Å². The van der Waals surface area contributed by atoms with E-state index < -0.39 is 0 Å². The minimum Gasteiger partial charge on any atom is -0.456 e. The number of nitrogens with zero attached hydrogens (tertiary/aromatic N) is 4. The van der Waals surface area contributed by atoms with E-state index in [2.05, 4.69) is 97.1 Å². The van der Waals surface area contributed by atoms with Gasteiger partial charge in [-0.05, 0) is 65.7 Å². The second-order valence-corrected chi connectivity index (χ2v) is 15.1. The fraction of sp³-hybridized carbons (Fsp3) is 0. The monoisotopic (exact) mass is 714 g/mol. The lowest BCUT2D eigenvalue weighted by atomic mass is 10.0. The van der Waals surface area contributed by atoms with Crippen LogP contribution in [0.3, 0.4) is 0 Å². The standard InChI is InChI=1S/C46H26N4OS2/c1-2-10-27(11-3-1)43-48-44(30-20-22-33-32-14-4-6-18-38(32)51-39(33)26-30)50-45(49-43)35-16-9-15-34-36-25-29(21-23-40(36)52-42(34)35)28-12-8-13-31(24-28)46-47-37-17-5-7-19-41(37)53-46/h1-26H. The van der Waals surface area contributed by atoms with Crippen LogP contribution in [0.4, 0.5) is 0 Å². The van der Waals surface area contributed by atoms with Crippen molar-refractivity contribution in [3.05, 3.63) is 158 Å². The summed E-state index contributed by atoms with van der Waals surface area (Å²) >= 11 is 3.50. The van der Waals surface area contributed by atoms with Gasteiger partial charge in [-0.15, -0.1) is 22.7 Å². The van der Waals surface area contributed by atoms with Crippen LogP contribution >= 0.6 is 22.7 Å². The van der Waals surface area contributed by atoms with E-state index in [1.54, 1.807) is 22.7 Å². The molecule has 4 aromatic heterocycles. The van der Waals surface area contributed by atoms with Gasteiger partial charge < -0.3 is 4.42 Å². The Kier molecular flexibility index (Phi) is 6.83. The zero-order chi connectivity index (χ0) is 34.9. The van der Waals surface area contributed by atoms with E-state index in [4.69, 9.17) is 24.4 Å². The highest BCUT2D eigenvalue weighted by molar-refractivity contribution is 7.26. The largest absolute Gasteiger partial charge is 0.456 e. The number of thiophene rings is 1. The summed E-state index contributed by atoms with van der Waals surface area (Å²) in [4.78, 5) is 20.1. The molecule has 0 bridgehead atoms. The Morgan fingerprint density at radius 1 is 0.377 bits per heavy atom. The van der Waals surface area contributed by atoms with Crippen molar-refractivity contribution in [2.24, 2.45) is 0 Å². The third-order valence-electron chi connectivity index (χ3n) is 9.78. The van der Waals surface area contributed by atoms with Gasteiger partial charge in [0.1, 0.15) is 16.2 Å². The van der Waals surface area contributed by atoms with Gasteiger partial charge in [-0.2, -0.15) is 0 Å². The zero-order valence-corrected chi connectivity index (χ0v) is 29.7. The summed E-state index contributed by atoms with van der Waals surface area (Å²) in [5.41, 5.74) is 8.95. The van der Waals surface area contributed by atoms with Crippen molar-refractivity contribution in [2.75, 3.05) is 0 Å². The third-order valence-corrected chi connectivity index (χ3v) is 12.1. The second kappa shape index (κ2) is 12.0. The number of benzene rings is 7. The maximum atomic E-state index is 6.25.